The van der Waals surface area contributed by atoms with Gasteiger partial charge in [0.05, 0.1) is 4.92 Å². The zero-order chi connectivity index (χ0) is 12.5. The van der Waals surface area contributed by atoms with E-state index in [-0.39, 0.29) is 17.3 Å². The lowest BCUT2D eigenvalue weighted by Gasteiger charge is -1.99. The number of nitrogens with zero attached hydrogens (tertiary/aromatic N) is 3. The number of carbonyl (C=O) groups is 1. The molecule has 1 aromatic rings. The third kappa shape index (κ3) is 2.38. The number of aromatic nitrogens is 2. The van der Waals surface area contributed by atoms with Crippen LogP contribution in [0.25, 0.3) is 0 Å². The fraction of sp³-hybridized carbons (Fsp3) is 0.556. The van der Waals surface area contributed by atoms with Crippen molar-refractivity contribution in [1.82, 2.24) is 9.78 Å². The Morgan fingerprint density at radius 3 is 2.56 bits per heavy atom. The van der Waals surface area contributed by atoms with Gasteiger partial charge in [0.25, 0.3) is 5.24 Å². The minimum atomic E-state index is -0.864. The number of halogens is 1. The molecular weight excluding hydrogens is 234 g/mol. The Hall–Kier alpha value is -1.43. The van der Waals surface area contributed by atoms with Gasteiger partial charge < -0.3 is 0 Å². The van der Waals surface area contributed by atoms with Crippen molar-refractivity contribution in [2.75, 3.05) is 0 Å². The van der Waals surface area contributed by atoms with Gasteiger partial charge >= 0.3 is 5.69 Å². The van der Waals surface area contributed by atoms with Crippen molar-refractivity contribution < 1.29 is 9.72 Å². The first-order chi connectivity index (χ1) is 7.34. The monoisotopic (exact) mass is 245 g/mol. The van der Waals surface area contributed by atoms with Crippen LogP contribution in [0.1, 0.15) is 30.0 Å². The van der Waals surface area contributed by atoms with Crippen LogP contribution in [0.2, 0.25) is 0 Å². The molecule has 0 radical (unpaired) electrons. The summed E-state index contributed by atoms with van der Waals surface area (Å²) in [4.78, 5) is 21.4. The molecule has 88 valence electrons. The van der Waals surface area contributed by atoms with Crippen molar-refractivity contribution in [1.29, 1.82) is 0 Å². The first-order valence-corrected chi connectivity index (χ1v) is 5.12. The maximum absolute atomic E-state index is 11.1. The first kappa shape index (κ1) is 12.6. The third-order valence-corrected chi connectivity index (χ3v) is 2.24. The average Bonchev–Trinajstić information content (AvgIpc) is 2.40. The van der Waals surface area contributed by atoms with Crippen LogP contribution in [0.15, 0.2) is 0 Å². The topological polar surface area (TPSA) is 78.0 Å². The quantitative estimate of drug-likeness (QED) is 0.461. The summed E-state index contributed by atoms with van der Waals surface area (Å²) in [7, 11) is 1.46. The smallest absolute Gasteiger partial charge is 0.274 e. The number of rotatable bonds is 4. The van der Waals surface area contributed by atoms with E-state index in [9.17, 15) is 14.9 Å². The van der Waals surface area contributed by atoms with Crippen LogP contribution in [0.4, 0.5) is 5.69 Å². The van der Waals surface area contributed by atoms with Crippen LogP contribution in [-0.2, 0) is 13.5 Å². The highest BCUT2D eigenvalue weighted by atomic mass is 35.5. The molecule has 1 rings (SSSR count). The molecule has 1 heterocycles. The summed E-state index contributed by atoms with van der Waals surface area (Å²) < 4.78 is 1.16. The minimum absolute atomic E-state index is 0.165. The maximum Gasteiger partial charge on any atom is 0.322 e. The van der Waals surface area contributed by atoms with Gasteiger partial charge in [0, 0.05) is 13.5 Å². The third-order valence-electron chi connectivity index (χ3n) is 2.06. The molecule has 0 unspecified atom stereocenters. The SMILES string of the molecule is CC(C)Cc1nn(C)c(C(=O)Cl)c1[N+](=O)[O-]. The summed E-state index contributed by atoms with van der Waals surface area (Å²) in [5.74, 6) is 0.215. The summed E-state index contributed by atoms with van der Waals surface area (Å²) in [5, 5.41) is 14.0. The summed E-state index contributed by atoms with van der Waals surface area (Å²) in [6.07, 6.45) is 0.439. The van der Waals surface area contributed by atoms with Gasteiger partial charge in [-0.15, -0.1) is 0 Å². The Morgan fingerprint density at radius 2 is 2.19 bits per heavy atom. The van der Waals surface area contributed by atoms with Gasteiger partial charge in [0.2, 0.25) is 0 Å². The Morgan fingerprint density at radius 1 is 1.62 bits per heavy atom. The van der Waals surface area contributed by atoms with Gasteiger partial charge in [0.1, 0.15) is 5.69 Å². The fourth-order valence-electron chi connectivity index (χ4n) is 1.50. The van der Waals surface area contributed by atoms with Crippen LogP contribution in [0.5, 0.6) is 0 Å². The highest BCUT2D eigenvalue weighted by Gasteiger charge is 2.30. The lowest BCUT2D eigenvalue weighted by atomic mass is 10.1. The Labute approximate surface area is 97.3 Å². The predicted octanol–water partition coefficient (Wildman–Crippen LogP) is 1.91. The second-order valence-corrected chi connectivity index (χ2v) is 4.24. The van der Waals surface area contributed by atoms with Gasteiger partial charge in [-0.3, -0.25) is 19.6 Å². The molecule has 0 saturated carbocycles. The molecule has 0 spiro atoms. The lowest BCUT2D eigenvalue weighted by molar-refractivity contribution is -0.385. The second kappa shape index (κ2) is 4.61. The van der Waals surface area contributed by atoms with Crippen LogP contribution < -0.4 is 0 Å². The van der Waals surface area contributed by atoms with Crippen molar-refractivity contribution in [2.24, 2.45) is 13.0 Å². The largest absolute Gasteiger partial charge is 0.322 e. The number of nitro groups is 1. The molecule has 0 aliphatic heterocycles. The maximum atomic E-state index is 11.1. The molecule has 0 saturated heterocycles. The van der Waals surface area contributed by atoms with Gasteiger partial charge in [-0.05, 0) is 17.5 Å². The molecule has 0 aliphatic rings. The minimum Gasteiger partial charge on any atom is -0.274 e. The highest BCUT2D eigenvalue weighted by molar-refractivity contribution is 6.68. The summed E-state index contributed by atoms with van der Waals surface area (Å²) in [5.41, 5.74) is -0.148. The Bertz CT molecular complexity index is 439. The van der Waals surface area contributed by atoms with Gasteiger partial charge in [-0.1, -0.05) is 13.8 Å². The molecule has 0 fully saturated rings. The molecule has 1 aromatic heterocycles. The van der Waals surface area contributed by atoms with Crippen molar-refractivity contribution in [3.63, 3.8) is 0 Å². The first-order valence-electron chi connectivity index (χ1n) is 4.74. The van der Waals surface area contributed by atoms with Gasteiger partial charge in [0.15, 0.2) is 5.69 Å². The highest BCUT2D eigenvalue weighted by Crippen LogP contribution is 2.26. The van der Waals surface area contributed by atoms with Crippen molar-refractivity contribution in [3.05, 3.63) is 21.5 Å². The fourth-order valence-corrected chi connectivity index (χ4v) is 1.72. The van der Waals surface area contributed by atoms with E-state index in [0.717, 1.165) is 4.68 Å². The van der Waals surface area contributed by atoms with Crippen LogP contribution >= 0.6 is 11.6 Å². The van der Waals surface area contributed by atoms with Crippen LogP contribution in [0.3, 0.4) is 0 Å². The lowest BCUT2D eigenvalue weighted by Crippen LogP contribution is -2.03. The molecule has 0 aromatic carbocycles. The molecule has 0 N–H and O–H groups in total. The van der Waals surface area contributed by atoms with E-state index in [0.29, 0.717) is 12.1 Å². The molecule has 0 amide bonds. The molecule has 0 bridgehead atoms. The summed E-state index contributed by atoms with van der Waals surface area (Å²) in [6, 6.07) is 0. The average molecular weight is 246 g/mol. The van der Waals surface area contributed by atoms with Gasteiger partial charge in [-0.2, -0.15) is 5.10 Å². The molecule has 0 atom stereocenters. The van der Waals surface area contributed by atoms with Crippen molar-refractivity contribution in [3.8, 4) is 0 Å². The molecule has 0 aliphatic carbocycles. The molecule has 6 nitrogen and oxygen atoms in total. The Kier molecular flexibility index (Phi) is 3.64. The zero-order valence-corrected chi connectivity index (χ0v) is 9.98. The summed E-state index contributed by atoms with van der Waals surface area (Å²) >= 11 is 5.30. The summed E-state index contributed by atoms with van der Waals surface area (Å²) in [6.45, 7) is 3.83. The van der Waals surface area contributed by atoms with Crippen LogP contribution in [0, 0.1) is 16.0 Å². The van der Waals surface area contributed by atoms with E-state index in [1.807, 2.05) is 13.8 Å². The number of aryl methyl sites for hydroxylation is 1. The number of hydrogen-bond donors (Lipinski definition) is 0. The van der Waals surface area contributed by atoms with Crippen LogP contribution in [-0.4, -0.2) is 19.9 Å². The standard InChI is InChI=1S/C9H12ClN3O3/c1-5(2)4-6-7(13(15)16)8(9(10)14)12(3)11-6/h5H,4H2,1-3H3. The molecule has 16 heavy (non-hydrogen) atoms. The van der Waals surface area contributed by atoms with E-state index in [1.165, 1.54) is 7.05 Å². The van der Waals surface area contributed by atoms with E-state index >= 15 is 0 Å². The number of hydrogen-bond acceptors (Lipinski definition) is 4. The van der Waals surface area contributed by atoms with E-state index in [1.54, 1.807) is 0 Å². The van der Waals surface area contributed by atoms with E-state index < -0.39 is 10.2 Å². The normalized spacial score (nSPS) is 10.8. The molecular formula is C9H12ClN3O3. The Balaban J connectivity index is 3.35. The number of carbonyl (C=O) groups excluding carboxylic acids is 1. The van der Waals surface area contributed by atoms with E-state index in [4.69, 9.17) is 11.6 Å². The van der Waals surface area contributed by atoms with Crippen molar-refractivity contribution in [2.45, 2.75) is 20.3 Å². The van der Waals surface area contributed by atoms with Gasteiger partial charge in [-0.25, -0.2) is 0 Å². The van der Waals surface area contributed by atoms with E-state index in [2.05, 4.69) is 5.10 Å². The second-order valence-electron chi connectivity index (χ2n) is 3.90. The van der Waals surface area contributed by atoms with Crippen molar-refractivity contribution >= 4 is 22.5 Å². The zero-order valence-electron chi connectivity index (χ0n) is 9.23. The molecule has 7 heteroatoms. The predicted molar refractivity (Wildman–Crippen MR) is 58.6 cm³/mol.